The fourth-order valence-electron chi connectivity index (χ4n) is 7.05. The molecule has 0 amide bonds. The van der Waals surface area contributed by atoms with Gasteiger partial charge >= 0.3 is 54.0 Å². The smallest absolute Gasteiger partial charge is 0.385 e. The maximum atomic E-state index is 14.9. The van der Waals surface area contributed by atoms with Crippen LogP contribution in [0.3, 0.4) is 0 Å². The molecule has 0 aliphatic carbocycles. The summed E-state index contributed by atoms with van der Waals surface area (Å²) in [6.07, 6.45) is -29.1. The molecule has 0 bridgehead atoms. The number of aromatic nitrogens is 8. The highest BCUT2D eigenvalue weighted by atomic mass is 32.1. The highest BCUT2D eigenvalue weighted by Gasteiger charge is 2.61. The number of rotatable bonds is 16. The number of aliphatic hydroxyl groups excluding tert-OH is 8. The predicted molar refractivity (Wildman–Crippen MR) is 279 cm³/mol. The molecule has 92 heavy (non-hydrogen) atoms. The average molecular weight is 1510 g/mol. The van der Waals surface area contributed by atoms with Crippen LogP contribution in [0.2, 0.25) is 0 Å². The average Bonchev–Trinajstić information content (AvgIpc) is 1.57. The number of ether oxygens (including phenoxy) is 4. The Morgan fingerprint density at radius 2 is 0.663 bits per heavy atom. The molecule has 8 heterocycles. The van der Waals surface area contributed by atoms with E-state index in [1.165, 1.54) is 0 Å². The molecule has 40 nitrogen and oxygen atoms in total. The van der Waals surface area contributed by atoms with Gasteiger partial charge in [0.2, 0.25) is 0 Å². The van der Waals surface area contributed by atoms with Crippen molar-refractivity contribution < 1.29 is 179 Å². The van der Waals surface area contributed by atoms with Gasteiger partial charge in [-0.15, -0.1) is 0 Å². The van der Waals surface area contributed by atoms with Crippen molar-refractivity contribution in [2.45, 2.75) is 97.1 Å². The van der Waals surface area contributed by atoms with Gasteiger partial charge in [0.1, 0.15) is 93.7 Å². The van der Waals surface area contributed by atoms with Gasteiger partial charge in [0.15, 0.2) is 48.1 Å². The second-order valence-electron chi connectivity index (χ2n) is 17.8. The lowest BCUT2D eigenvalue weighted by Crippen LogP contribution is -2.42. The monoisotopic (exact) mass is 1510 g/mol. The van der Waals surface area contributed by atoms with Crippen LogP contribution in [-0.2, 0) is 55.3 Å². The lowest BCUT2D eigenvalue weighted by atomic mass is 10.1. The third kappa shape index (κ3) is 19.1. The molecule has 0 aromatic carbocycles. The molecular weight excluding hydrogens is 1460 g/mol. The van der Waals surface area contributed by atoms with Gasteiger partial charge < -0.3 is 98.9 Å². The first kappa shape index (κ1) is 69.2. The van der Waals surface area contributed by atoms with Crippen molar-refractivity contribution in [2.75, 3.05) is 26.3 Å². The maximum absolute atomic E-state index is 14.9. The number of halogens is 8. The molecule has 4 aliphatic heterocycles. The van der Waals surface area contributed by atoms with Crippen LogP contribution in [-0.4, -0.2) is 217 Å². The molecule has 520 valence electrons. The molecule has 4 aliphatic rings. The first-order valence-corrected chi connectivity index (χ1v) is 30.7. The zero-order valence-electron chi connectivity index (χ0n) is 49.4. The molecule has 4 aromatic heterocycles. The van der Waals surface area contributed by atoms with Crippen molar-refractivity contribution in [3.05, 3.63) is 109 Å². The predicted octanol–water partition coefficient (Wildman–Crippen LogP) is -3.72. The third-order valence-electron chi connectivity index (χ3n) is 11.3. The summed E-state index contributed by atoms with van der Waals surface area (Å²) in [5, 5.41) is 78.2. The molecule has 16 atom stereocenters. The van der Waals surface area contributed by atoms with Crippen molar-refractivity contribution in [3.8, 4) is 0 Å². The van der Waals surface area contributed by atoms with Gasteiger partial charge in [0.25, 0.3) is 23.4 Å². The van der Waals surface area contributed by atoms with Crippen molar-refractivity contribution >= 4 is 80.2 Å². The summed E-state index contributed by atoms with van der Waals surface area (Å²) in [5.74, 6) is -19.7. The first-order valence-electron chi connectivity index (χ1n) is 25.9. The molecule has 0 spiro atoms. The number of phosphoric ester groups is 4. The Labute approximate surface area is 527 Å². The summed E-state index contributed by atoms with van der Waals surface area (Å²) in [5.41, 5.74) is -4.91. The van der Waals surface area contributed by atoms with Crippen LogP contribution < -0.4 is 22.8 Å². The fraction of sp³-hybridized carbons (Fsp3) is 0.556. The van der Waals surface area contributed by atoms with E-state index in [0.29, 0.717) is 23.2 Å². The summed E-state index contributed by atoms with van der Waals surface area (Å²) in [7, 11) is -21.5. The Bertz CT molecular complexity index is 4410. The summed E-state index contributed by atoms with van der Waals surface area (Å²) < 4.78 is 231. The summed E-state index contributed by atoms with van der Waals surface area (Å²) >= 11 is 17.8. The minimum absolute atomic E-state index is 0.0685. The number of aromatic amines is 4. The van der Waals surface area contributed by atoms with Crippen LogP contribution >= 0.6 is 80.2 Å². The number of hydrogen-bond acceptors (Lipinski definition) is 28. The summed E-state index contributed by atoms with van der Waals surface area (Å²) in [6, 6.07) is 0. The van der Waals surface area contributed by atoms with E-state index in [1.54, 1.807) is 9.97 Å². The summed E-state index contributed by atoms with van der Waals surface area (Å²) in [6.45, 7) is -11.1. The lowest BCUT2D eigenvalue weighted by molar-refractivity contribution is -0.205. The van der Waals surface area contributed by atoms with Crippen LogP contribution in [0.25, 0.3) is 0 Å². The zero-order valence-corrected chi connectivity index (χ0v) is 50.3. The van der Waals surface area contributed by atoms with E-state index in [2.05, 4.69) is 85.9 Å². The molecule has 56 heteroatoms. The topological polar surface area (TPSA) is 617 Å². The standard InChI is InChI=1S/4C9H11F2N2O8PS/c4*10-3-1-13(8(16)12-6(3)23)7-4(14)5(15)9(11,21-7)2-20-22(17,18)19/h4*1,4-5,7,14-15H,2H2,(H,12,16,23)(H2,17,18,19)/t4*4-,5+,7-,9-/m1111/s1/i2D2,7D;7D;2D2;. The number of aliphatic hydroxyl groups is 8. The molecule has 0 radical (unpaired) electrons. The molecule has 4 aromatic rings. The van der Waals surface area contributed by atoms with Crippen LogP contribution in [0.1, 0.15) is 33.1 Å². The van der Waals surface area contributed by atoms with Crippen LogP contribution in [0.15, 0.2) is 44.0 Å². The van der Waals surface area contributed by atoms with Gasteiger partial charge in [-0.2, -0.15) is 0 Å². The van der Waals surface area contributed by atoms with Crippen molar-refractivity contribution in [1.29, 1.82) is 0 Å². The minimum Gasteiger partial charge on any atom is -0.385 e. The normalized spacial score (nSPS) is 34.3. The number of hydrogen-bond donors (Lipinski definition) is 20. The summed E-state index contributed by atoms with van der Waals surface area (Å²) in [4.78, 5) is 123. The number of alkyl halides is 4. The number of phosphoric acid groups is 4. The van der Waals surface area contributed by atoms with Gasteiger partial charge in [-0.05, 0) is 0 Å². The van der Waals surface area contributed by atoms with E-state index in [9.17, 15) is 113 Å². The van der Waals surface area contributed by atoms with Gasteiger partial charge in [0, 0.05) is 0 Å². The highest BCUT2D eigenvalue weighted by Crippen LogP contribution is 2.47. The van der Waals surface area contributed by atoms with E-state index in [1.807, 2.05) is 9.97 Å². The molecule has 8 rings (SSSR count). The SMILES string of the molecule is O=c1[nH]c(=S)c(F)cn1[C@@H]1O[C@](F)(COP(=O)(O)O)[C@@H](O)[C@H]1O.[2H]C([2H])(OP(=O)(O)O)[C@@]1(F)O[C@@H](n2cc(F)c(=S)[nH]c2=O)[C@H](O)[C@@H]1O.[2H]C([2H])(OP(=O)(O)O)[C@@]1(F)O[C@@]([2H])(n2cc(F)c(=S)[nH]c2=O)[C@H](O)[C@@H]1O.[2H][C@@]1(n2cc(F)c(=S)[nH]c2=O)O[C@](F)(COP(=O)(O)O)[C@@H](O)[C@H]1O. The maximum Gasteiger partial charge on any atom is 0.469 e. The van der Waals surface area contributed by atoms with Crippen LogP contribution in [0, 0.1) is 41.8 Å². The molecular formula is C36H44F8N8O32P4S4. The largest absolute Gasteiger partial charge is 0.469 e. The molecule has 0 unspecified atom stereocenters. The third-order valence-corrected chi connectivity index (χ3v) is 14.0. The Kier molecular flexibility index (Phi) is 22.0. The van der Waals surface area contributed by atoms with E-state index < -0.39 is 219 Å². The lowest BCUT2D eigenvalue weighted by Gasteiger charge is -2.22. The quantitative estimate of drug-likeness (QED) is 0.0291. The van der Waals surface area contributed by atoms with Gasteiger partial charge in [-0.1, -0.05) is 48.9 Å². The van der Waals surface area contributed by atoms with Crippen LogP contribution in [0.4, 0.5) is 35.1 Å². The number of nitrogens with one attached hydrogen (secondary N) is 4. The van der Waals surface area contributed by atoms with E-state index in [4.69, 9.17) is 47.4 Å². The number of nitrogens with zero attached hydrogens (tertiary/aromatic N) is 4. The van der Waals surface area contributed by atoms with Gasteiger partial charge in [0.05, 0.1) is 33.0 Å². The van der Waals surface area contributed by atoms with Gasteiger partial charge in [-0.25, -0.2) is 72.6 Å². The van der Waals surface area contributed by atoms with Crippen molar-refractivity contribution in [2.24, 2.45) is 0 Å². The Morgan fingerprint density at radius 1 is 0.435 bits per heavy atom. The van der Waals surface area contributed by atoms with Crippen molar-refractivity contribution in [1.82, 2.24) is 38.2 Å². The zero-order chi connectivity index (χ0) is 75.7. The molecule has 4 fully saturated rings. The van der Waals surface area contributed by atoms with E-state index >= 15 is 0 Å². The van der Waals surface area contributed by atoms with E-state index in [0.717, 1.165) is 0 Å². The second-order valence-corrected chi connectivity index (χ2v) is 24.2. The minimum atomic E-state index is -5.66. The highest BCUT2D eigenvalue weighted by molar-refractivity contribution is 7.72. The second kappa shape index (κ2) is 29.3. The fourth-order valence-corrected chi connectivity index (χ4v) is 8.79. The first-order chi connectivity index (χ1) is 44.0. The Hall–Kier alpha value is -4.20. The molecule has 4 saturated heterocycles. The van der Waals surface area contributed by atoms with E-state index in [-0.39, 0.29) is 19.9 Å². The van der Waals surface area contributed by atoms with Gasteiger partial charge in [-0.3, -0.25) is 56.3 Å². The molecule has 20 N–H and O–H groups in total. The van der Waals surface area contributed by atoms with Crippen molar-refractivity contribution in [3.63, 3.8) is 0 Å². The molecule has 0 saturated carbocycles. The Balaban J connectivity index is 0.000000236. The van der Waals surface area contributed by atoms with Crippen LogP contribution in [0.5, 0.6) is 0 Å². The number of H-pyrrole nitrogens is 4. The Morgan fingerprint density at radius 3 is 0.978 bits per heavy atom.